The third-order valence-electron chi connectivity index (χ3n) is 0.922. The van der Waals surface area contributed by atoms with Crippen molar-refractivity contribution in [2.75, 3.05) is 5.32 Å². The minimum atomic E-state index is 0.367. The van der Waals surface area contributed by atoms with Gasteiger partial charge in [0, 0.05) is 0 Å². The molecule has 0 saturated carbocycles. The number of halogens is 1. The predicted octanol–water partition coefficient (Wildman–Crippen LogP) is 1.30. The van der Waals surface area contributed by atoms with Crippen molar-refractivity contribution in [1.29, 1.82) is 0 Å². The number of nitrogens with zero attached hydrogens (tertiary/aromatic N) is 1. The van der Waals surface area contributed by atoms with E-state index < -0.39 is 0 Å². The van der Waals surface area contributed by atoms with Gasteiger partial charge in [-0.25, -0.2) is 4.98 Å². The fourth-order valence-corrected chi connectivity index (χ4v) is 0.713. The van der Waals surface area contributed by atoms with E-state index in [-0.39, 0.29) is 0 Å². The van der Waals surface area contributed by atoms with E-state index in [9.17, 15) is 4.79 Å². The third-order valence-corrected chi connectivity index (χ3v) is 1.13. The van der Waals surface area contributed by atoms with E-state index in [2.05, 4.69) is 10.3 Å². The van der Waals surface area contributed by atoms with Gasteiger partial charge in [-0.05, 0) is 12.1 Å². The van der Waals surface area contributed by atoms with Crippen molar-refractivity contribution in [2.24, 2.45) is 0 Å². The Bertz CT molecular complexity index is 239. The number of nitrogens with one attached hydrogen (secondary N) is 1. The molecule has 1 N–H and O–H groups in total. The van der Waals surface area contributed by atoms with Gasteiger partial charge in [0.2, 0.25) is 6.41 Å². The number of hydrogen-bond acceptors (Lipinski definition) is 2. The lowest BCUT2D eigenvalue weighted by Gasteiger charge is -1.94. The molecule has 4 heteroatoms. The summed E-state index contributed by atoms with van der Waals surface area (Å²) < 4.78 is 0. The van der Waals surface area contributed by atoms with E-state index >= 15 is 0 Å². The fraction of sp³-hybridized carbons (Fsp3) is 0. The molecular weight excluding hydrogens is 152 g/mol. The van der Waals surface area contributed by atoms with E-state index in [1.54, 1.807) is 18.2 Å². The van der Waals surface area contributed by atoms with Gasteiger partial charge >= 0.3 is 0 Å². The topological polar surface area (TPSA) is 42.0 Å². The number of carbonyl (C=O) groups excluding carboxylic acids is 1. The molecule has 10 heavy (non-hydrogen) atoms. The van der Waals surface area contributed by atoms with Gasteiger partial charge in [-0.15, -0.1) is 0 Å². The largest absolute Gasteiger partial charge is 0.313 e. The lowest BCUT2D eigenvalue weighted by Crippen LogP contribution is -1.95. The second-order valence-electron chi connectivity index (χ2n) is 1.61. The van der Waals surface area contributed by atoms with Gasteiger partial charge in [0.1, 0.15) is 11.0 Å². The van der Waals surface area contributed by atoms with Crippen LogP contribution in [0.25, 0.3) is 0 Å². The van der Waals surface area contributed by atoms with Gasteiger partial charge < -0.3 is 5.32 Å². The van der Waals surface area contributed by atoms with Gasteiger partial charge in [0.15, 0.2) is 0 Å². The van der Waals surface area contributed by atoms with Crippen LogP contribution < -0.4 is 5.32 Å². The average Bonchev–Trinajstić information content (AvgIpc) is 1.88. The molecule has 52 valence electrons. The van der Waals surface area contributed by atoms with Crippen molar-refractivity contribution in [1.82, 2.24) is 4.98 Å². The van der Waals surface area contributed by atoms with Crippen LogP contribution in [0.15, 0.2) is 18.2 Å². The molecule has 0 radical (unpaired) electrons. The van der Waals surface area contributed by atoms with E-state index in [0.29, 0.717) is 17.4 Å². The van der Waals surface area contributed by atoms with Crippen molar-refractivity contribution >= 4 is 23.8 Å². The molecule has 0 bridgehead atoms. The van der Waals surface area contributed by atoms with E-state index in [1.165, 1.54) is 0 Å². The number of carbonyl (C=O) groups is 1. The van der Waals surface area contributed by atoms with Crippen LogP contribution in [0.2, 0.25) is 5.15 Å². The summed E-state index contributed by atoms with van der Waals surface area (Å²) in [5, 5.41) is 2.74. The van der Waals surface area contributed by atoms with Gasteiger partial charge in [-0.1, -0.05) is 17.7 Å². The zero-order valence-electron chi connectivity index (χ0n) is 5.04. The standard InChI is InChI=1S/C6H5ClN2O/c7-5-2-1-3-6(9-5)8-4-10/h1-4H,(H,8,9,10). The summed E-state index contributed by atoms with van der Waals surface area (Å²) in [6.45, 7) is 0. The van der Waals surface area contributed by atoms with Gasteiger partial charge in [0.05, 0.1) is 0 Å². The molecule has 3 nitrogen and oxygen atoms in total. The highest BCUT2D eigenvalue weighted by molar-refractivity contribution is 6.29. The first-order valence-corrected chi connectivity index (χ1v) is 3.03. The Balaban J connectivity index is 2.84. The van der Waals surface area contributed by atoms with Crippen LogP contribution in [0.5, 0.6) is 0 Å². The summed E-state index contributed by atoms with van der Waals surface area (Å²) in [6, 6.07) is 5.00. The Morgan fingerprint density at radius 1 is 1.60 bits per heavy atom. The summed E-state index contributed by atoms with van der Waals surface area (Å²) in [5.74, 6) is 0.461. The Morgan fingerprint density at radius 3 is 3.00 bits per heavy atom. The number of aromatic nitrogens is 1. The molecule has 0 spiro atoms. The maximum atomic E-state index is 9.89. The highest BCUT2D eigenvalue weighted by Gasteiger charge is 1.90. The molecule has 0 unspecified atom stereocenters. The molecule has 1 heterocycles. The molecule has 1 aromatic heterocycles. The summed E-state index contributed by atoms with van der Waals surface area (Å²) in [5.41, 5.74) is 0. The van der Waals surface area contributed by atoms with E-state index in [4.69, 9.17) is 11.6 Å². The lowest BCUT2D eigenvalue weighted by molar-refractivity contribution is -0.105. The minimum absolute atomic E-state index is 0.367. The Morgan fingerprint density at radius 2 is 2.40 bits per heavy atom. The van der Waals surface area contributed by atoms with Crippen molar-refractivity contribution in [3.8, 4) is 0 Å². The van der Waals surface area contributed by atoms with Crippen LogP contribution in [0, 0.1) is 0 Å². The third kappa shape index (κ3) is 1.70. The highest BCUT2D eigenvalue weighted by Crippen LogP contribution is 2.07. The minimum Gasteiger partial charge on any atom is -0.313 e. The SMILES string of the molecule is O=CNc1cccc(Cl)n1. The van der Waals surface area contributed by atoms with Crippen LogP contribution in [0.4, 0.5) is 5.82 Å². The van der Waals surface area contributed by atoms with E-state index in [1.807, 2.05) is 0 Å². The van der Waals surface area contributed by atoms with E-state index in [0.717, 1.165) is 0 Å². The monoisotopic (exact) mass is 156 g/mol. The molecule has 0 aromatic carbocycles. The Hall–Kier alpha value is -1.09. The number of anilines is 1. The second-order valence-corrected chi connectivity index (χ2v) is 1.99. The summed E-state index contributed by atoms with van der Waals surface area (Å²) in [6.07, 6.45) is 0.554. The lowest BCUT2D eigenvalue weighted by atomic mass is 10.5. The number of rotatable bonds is 2. The molecule has 0 aliphatic heterocycles. The van der Waals surface area contributed by atoms with Crippen molar-refractivity contribution < 1.29 is 4.79 Å². The van der Waals surface area contributed by atoms with Crippen molar-refractivity contribution in [3.63, 3.8) is 0 Å². The smallest absolute Gasteiger partial charge is 0.212 e. The maximum Gasteiger partial charge on any atom is 0.212 e. The molecule has 1 aromatic rings. The molecule has 0 aliphatic carbocycles. The highest BCUT2D eigenvalue weighted by atomic mass is 35.5. The summed E-state index contributed by atoms with van der Waals surface area (Å²) in [7, 11) is 0. The molecule has 1 rings (SSSR count). The average molecular weight is 157 g/mol. The molecule has 0 saturated heterocycles. The zero-order chi connectivity index (χ0) is 7.40. The van der Waals surface area contributed by atoms with Crippen LogP contribution in [-0.4, -0.2) is 11.4 Å². The molecule has 0 aliphatic rings. The van der Waals surface area contributed by atoms with Gasteiger partial charge in [-0.3, -0.25) is 4.79 Å². The number of pyridine rings is 1. The number of amides is 1. The zero-order valence-corrected chi connectivity index (χ0v) is 5.80. The molecular formula is C6H5ClN2O. The molecule has 0 fully saturated rings. The fourth-order valence-electron chi connectivity index (χ4n) is 0.549. The maximum absolute atomic E-state index is 9.89. The van der Waals surface area contributed by atoms with Crippen molar-refractivity contribution in [3.05, 3.63) is 23.4 Å². The number of hydrogen-bond donors (Lipinski definition) is 1. The predicted molar refractivity (Wildman–Crippen MR) is 38.9 cm³/mol. The molecule has 1 amide bonds. The first-order valence-electron chi connectivity index (χ1n) is 2.65. The quantitative estimate of drug-likeness (QED) is 0.518. The second kappa shape index (κ2) is 3.17. The normalized spacial score (nSPS) is 8.90. The van der Waals surface area contributed by atoms with Crippen LogP contribution >= 0.6 is 11.6 Å². The van der Waals surface area contributed by atoms with Gasteiger partial charge in [0.25, 0.3) is 0 Å². The van der Waals surface area contributed by atoms with Crippen molar-refractivity contribution in [2.45, 2.75) is 0 Å². The Labute approximate surface area is 63.0 Å². The Kier molecular flexibility index (Phi) is 2.23. The van der Waals surface area contributed by atoms with Crippen LogP contribution in [-0.2, 0) is 4.79 Å². The first kappa shape index (κ1) is 7.02. The van der Waals surface area contributed by atoms with Crippen LogP contribution in [0.3, 0.4) is 0 Å². The van der Waals surface area contributed by atoms with Crippen LogP contribution in [0.1, 0.15) is 0 Å². The van der Waals surface area contributed by atoms with Gasteiger partial charge in [-0.2, -0.15) is 0 Å². The first-order chi connectivity index (χ1) is 4.83. The summed E-state index contributed by atoms with van der Waals surface area (Å²) >= 11 is 5.51. The summed E-state index contributed by atoms with van der Waals surface area (Å²) in [4.78, 5) is 13.7. The molecule has 0 atom stereocenters.